The lowest BCUT2D eigenvalue weighted by Crippen LogP contribution is -2.26. The molecule has 88 heavy (non-hydrogen) atoms. The molecule has 0 unspecified atom stereocenters. The van der Waals surface area contributed by atoms with Gasteiger partial charge in [-0.15, -0.1) is 0 Å². The van der Waals surface area contributed by atoms with Gasteiger partial charge in [-0.1, -0.05) is 39.5 Å². The number of likely N-dealkylation sites (N-methyl/N-ethyl adjacent to an activating group) is 2. The fourth-order valence-electron chi connectivity index (χ4n) is 9.99. The number of aliphatic hydroxyl groups excluding tert-OH is 2. The van der Waals surface area contributed by atoms with Gasteiger partial charge in [0.2, 0.25) is 0 Å². The fourth-order valence-corrected chi connectivity index (χ4v) is 9.99. The molecule has 0 atom stereocenters. The van der Waals surface area contributed by atoms with E-state index in [2.05, 4.69) is 138 Å². The van der Waals surface area contributed by atoms with Gasteiger partial charge in [-0.25, -0.2) is 0 Å². The van der Waals surface area contributed by atoms with Gasteiger partial charge in [0.15, 0.2) is 0 Å². The molecular formula is C67H95N15O6. The van der Waals surface area contributed by atoms with Gasteiger partial charge in [-0.2, -0.15) is 20.4 Å². The average molecular weight is 1210 g/mol. The zero-order valence-corrected chi connectivity index (χ0v) is 53.2. The van der Waals surface area contributed by atoms with E-state index in [-0.39, 0.29) is 19.1 Å². The quantitative estimate of drug-likeness (QED) is 0.0203. The Labute approximate surface area is 520 Å². The van der Waals surface area contributed by atoms with Crippen molar-refractivity contribution in [2.75, 3.05) is 112 Å². The number of aromatic nitrogens is 8. The lowest BCUT2D eigenvalue weighted by molar-refractivity contribution is 0.0955. The molecule has 1 aliphatic rings. The summed E-state index contributed by atoms with van der Waals surface area (Å²) in [5, 5.41) is 49.4. The molecular weight excluding hydrogens is 1110 g/mol. The third kappa shape index (κ3) is 21.0. The first-order valence-electron chi connectivity index (χ1n) is 30.5. The summed E-state index contributed by atoms with van der Waals surface area (Å²) in [7, 11) is 10.4. The Morgan fingerprint density at radius 3 is 1.47 bits per heavy atom. The molecule has 8 aromatic rings. The van der Waals surface area contributed by atoms with E-state index in [1.54, 1.807) is 0 Å². The van der Waals surface area contributed by atoms with Crippen molar-refractivity contribution in [1.82, 2.24) is 65.7 Å². The van der Waals surface area contributed by atoms with Gasteiger partial charge in [0, 0.05) is 122 Å². The zero-order valence-electron chi connectivity index (χ0n) is 53.2. The number of aromatic amines is 4. The molecule has 4 aromatic heterocycles. The van der Waals surface area contributed by atoms with E-state index < -0.39 is 0 Å². The summed E-state index contributed by atoms with van der Waals surface area (Å²) >= 11 is 0. The van der Waals surface area contributed by atoms with Gasteiger partial charge in [-0.3, -0.25) is 25.2 Å². The van der Waals surface area contributed by atoms with Crippen molar-refractivity contribution < 1.29 is 29.2 Å². The molecule has 0 saturated heterocycles. The second-order valence-corrected chi connectivity index (χ2v) is 21.9. The molecule has 0 spiro atoms. The first-order valence-corrected chi connectivity index (χ1v) is 30.5. The number of hydrogen-bond donors (Lipinski definition) is 8. The number of aliphatic hydroxyl groups is 2. The van der Waals surface area contributed by atoms with Crippen molar-refractivity contribution in [1.29, 1.82) is 0 Å². The van der Waals surface area contributed by atoms with Crippen molar-refractivity contribution in [2.45, 2.75) is 79.6 Å². The number of fused-ring (bicyclic) bond motifs is 1. The summed E-state index contributed by atoms with van der Waals surface area (Å²) in [4.78, 5) is 23.1. The van der Waals surface area contributed by atoms with E-state index in [4.69, 9.17) is 30.2 Å². The van der Waals surface area contributed by atoms with E-state index in [1.807, 2.05) is 118 Å². The van der Waals surface area contributed by atoms with Crippen molar-refractivity contribution in [3.63, 3.8) is 0 Å². The van der Waals surface area contributed by atoms with Gasteiger partial charge in [0.25, 0.3) is 5.91 Å². The van der Waals surface area contributed by atoms with E-state index >= 15 is 0 Å². The van der Waals surface area contributed by atoms with Gasteiger partial charge in [-0.05, 0) is 153 Å². The molecule has 0 bridgehead atoms. The van der Waals surface area contributed by atoms with Crippen molar-refractivity contribution in [2.24, 2.45) is 5.73 Å². The molecule has 9 rings (SSSR count). The molecule has 474 valence electrons. The molecule has 0 saturated carbocycles. The van der Waals surface area contributed by atoms with Crippen LogP contribution >= 0.6 is 0 Å². The Morgan fingerprint density at radius 2 is 1.03 bits per heavy atom. The summed E-state index contributed by atoms with van der Waals surface area (Å²) in [5.74, 6) is 2.41. The maximum atomic E-state index is 12.0. The predicted molar refractivity (Wildman–Crippen MR) is 352 cm³/mol. The number of amides is 1. The number of nitrogens with two attached hydrogens (primary N) is 1. The van der Waals surface area contributed by atoms with Crippen LogP contribution in [0.1, 0.15) is 86.0 Å². The van der Waals surface area contributed by atoms with Gasteiger partial charge in [0.05, 0.1) is 66.5 Å². The topological polar surface area (TPSA) is 254 Å². The van der Waals surface area contributed by atoms with Crippen LogP contribution in [0.3, 0.4) is 0 Å². The average Bonchev–Trinajstić information content (AvgIpc) is 2.78. The van der Waals surface area contributed by atoms with Crippen LogP contribution in [-0.4, -0.2) is 184 Å². The molecule has 0 fully saturated rings. The summed E-state index contributed by atoms with van der Waals surface area (Å²) in [6, 6.07) is 29.6. The van der Waals surface area contributed by atoms with Crippen LogP contribution in [0.4, 0.5) is 5.69 Å². The second-order valence-electron chi connectivity index (χ2n) is 21.9. The van der Waals surface area contributed by atoms with Crippen LogP contribution in [0.5, 0.6) is 17.2 Å². The number of carbonyl (C=O) groups excluding carboxylic acids is 1. The zero-order chi connectivity index (χ0) is 63.2. The number of H-pyrrole nitrogens is 4. The molecule has 4 aromatic carbocycles. The highest BCUT2D eigenvalue weighted by Gasteiger charge is 2.21. The molecule has 9 N–H and O–H groups in total. The normalized spacial score (nSPS) is 11.8. The van der Waals surface area contributed by atoms with Crippen molar-refractivity contribution >= 4 is 11.6 Å². The fraction of sp³-hybridized carbons (Fsp3) is 0.418. The highest BCUT2D eigenvalue weighted by atomic mass is 16.5. The van der Waals surface area contributed by atoms with E-state index in [0.717, 1.165) is 156 Å². The minimum Gasteiger partial charge on any atom is -0.494 e. The number of ether oxygens (including phenoxy) is 3. The Balaban J connectivity index is 0.000000187. The smallest absolute Gasteiger partial charge is 0.251 e. The van der Waals surface area contributed by atoms with Crippen LogP contribution in [0.15, 0.2) is 128 Å². The van der Waals surface area contributed by atoms with Gasteiger partial charge >= 0.3 is 0 Å². The highest BCUT2D eigenvalue weighted by molar-refractivity contribution is 5.95. The largest absolute Gasteiger partial charge is 0.494 e. The van der Waals surface area contributed by atoms with Crippen LogP contribution in [-0.2, 0) is 26.2 Å². The monoisotopic (exact) mass is 1210 g/mol. The molecule has 1 amide bonds. The van der Waals surface area contributed by atoms with Crippen LogP contribution in [0, 0.1) is 0 Å². The van der Waals surface area contributed by atoms with Crippen LogP contribution in [0.2, 0.25) is 0 Å². The molecule has 5 heterocycles. The maximum absolute atomic E-state index is 12.0. The number of nitrogens with one attached hydrogen (secondary N) is 5. The first kappa shape index (κ1) is 69.0. The van der Waals surface area contributed by atoms with Gasteiger partial charge in [0.1, 0.15) is 30.5 Å². The molecule has 21 heteroatoms. The number of benzene rings is 4. The number of carbonyl (C=O) groups is 1. The minimum absolute atomic E-state index is 0.0240. The highest BCUT2D eigenvalue weighted by Crippen LogP contribution is 2.38. The van der Waals surface area contributed by atoms with E-state index in [1.165, 1.54) is 11.1 Å². The Kier molecular flexibility index (Phi) is 28.9. The van der Waals surface area contributed by atoms with Gasteiger partial charge < -0.3 is 60.0 Å². The Hall–Kier alpha value is -8.15. The number of hydrogen-bond acceptors (Lipinski definition) is 16. The summed E-state index contributed by atoms with van der Waals surface area (Å²) in [6.07, 6.45) is 11.6. The standard InChI is InChI=1S/C17H23N5O.C17H24N4O.C17H25N3O2.C16H23N3O2/c1-12-11-23-16-5-4-13(8-15(16)22(12)3)17-14(9-19-20-17)10-21(2)7-6-18;1-4-9-21(3)12-15-11-19-20-16(15)13-7-6-8-14(10-13)17(22)18-5-2;1-3-9-20(2)13-15-12-18-19-17(15)14-5-7-16(8-6-14)22-11-4-10-21;1-3-8-19(2)12-14-11-17-18-16(14)13-4-6-15(7-5-13)21-10-9-20/h4-5,8-9H,1,6-7,10-11,18H2,2-3H3,(H,19,20);6-8,10-11H,4-5,9,12H2,1-3H3,(H,18,22)(H,19,20);5-8,12,21H,3-4,9-11,13H2,1-2H3,(H,18,19);4-7,11,20H,3,8-10,12H2,1-2H3,(H,17,18). The predicted octanol–water partition coefficient (Wildman–Crippen LogP) is 9.45. The van der Waals surface area contributed by atoms with E-state index in [9.17, 15) is 4.79 Å². The second kappa shape index (κ2) is 36.9. The summed E-state index contributed by atoms with van der Waals surface area (Å²) in [5.41, 5.74) is 21.3. The molecule has 21 nitrogen and oxygen atoms in total. The first-order chi connectivity index (χ1) is 42.7. The molecule has 0 aliphatic carbocycles. The number of nitrogens with zero attached hydrogens (tertiary/aromatic N) is 9. The lowest BCUT2D eigenvalue weighted by atomic mass is 10.0. The number of anilines is 1. The third-order valence-electron chi connectivity index (χ3n) is 14.4. The van der Waals surface area contributed by atoms with Crippen LogP contribution < -0.4 is 30.2 Å². The Morgan fingerprint density at radius 1 is 0.602 bits per heavy atom. The molecule has 0 radical (unpaired) electrons. The molecule has 1 aliphatic heterocycles. The van der Waals surface area contributed by atoms with Crippen LogP contribution in [0.25, 0.3) is 45.0 Å². The Bertz CT molecular complexity index is 3280. The maximum Gasteiger partial charge on any atom is 0.251 e. The van der Waals surface area contributed by atoms with Crippen molar-refractivity contribution in [3.05, 3.63) is 156 Å². The number of rotatable bonds is 29. The summed E-state index contributed by atoms with van der Waals surface area (Å²) < 4.78 is 16.6. The SMILES string of the molecule is C=C1COc2ccc(-c3[nH]ncc3CN(C)CCN)cc2N1C.CCCN(C)Cc1cn[nH]c1-c1ccc(OCCCO)cc1.CCCN(C)Cc1cn[nH]c1-c1ccc(OCCO)cc1.CCCN(C)Cc1cn[nH]c1-c1cccc(C(=O)NCC)c1. The summed E-state index contributed by atoms with van der Waals surface area (Å²) in [6.45, 7) is 22.7. The lowest BCUT2D eigenvalue weighted by Gasteiger charge is -2.30. The third-order valence-corrected chi connectivity index (χ3v) is 14.4. The van der Waals surface area contributed by atoms with E-state index in [0.29, 0.717) is 44.9 Å². The van der Waals surface area contributed by atoms with Crippen molar-refractivity contribution in [3.8, 4) is 62.3 Å². The minimum atomic E-state index is -0.0477.